The topological polar surface area (TPSA) is 112 Å². The molecule has 76 valence electrons. The highest BCUT2D eigenvalue weighted by molar-refractivity contribution is 7.79. The van der Waals surface area contributed by atoms with Crippen molar-refractivity contribution in [1.82, 2.24) is 4.42 Å². The second kappa shape index (κ2) is 4.51. The van der Waals surface area contributed by atoms with Crippen LogP contribution in [0.2, 0.25) is 0 Å². The maximum atomic E-state index is 10.4. The van der Waals surface area contributed by atoms with Crippen LogP contribution in [0.4, 0.5) is 0 Å². The first-order valence-electron chi connectivity index (χ1n) is 2.93. The van der Waals surface area contributed by atoms with Gasteiger partial charge in [-0.15, -0.1) is 0 Å². The molecule has 0 bridgehead atoms. The van der Waals surface area contributed by atoms with Gasteiger partial charge in [0, 0.05) is 24.6 Å². The number of amides is 2. The Kier molecular flexibility index (Phi) is 4.27. The number of halogens is 1. The van der Waals surface area contributed by atoms with E-state index < -0.39 is 10.4 Å². The van der Waals surface area contributed by atoms with Crippen LogP contribution in [0.3, 0.4) is 0 Å². The Morgan fingerprint density at radius 1 is 1.15 bits per heavy atom. The van der Waals surface area contributed by atoms with Crippen LogP contribution in [0.25, 0.3) is 0 Å². The van der Waals surface area contributed by atoms with Crippen molar-refractivity contribution < 1.29 is 27.1 Å². The van der Waals surface area contributed by atoms with E-state index in [1.807, 2.05) is 0 Å². The Morgan fingerprint density at radius 3 is 1.46 bits per heavy atom. The van der Waals surface area contributed by atoms with Crippen LogP contribution in [-0.4, -0.2) is 33.8 Å². The van der Waals surface area contributed by atoms with Crippen molar-refractivity contribution in [3.63, 3.8) is 0 Å². The maximum Gasteiger partial charge on any atom is 0.394 e. The van der Waals surface area contributed by atoms with Crippen LogP contribution in [0.15, 0.2) is 0 Å². The fraction of sp³-hybridized carbons (Fsp3) is 0.500. The highest BCUT2D eigenvalue weighted by Gasteiger charge is 2.26. The lowest BCUT2D eigenvalue weighted by Crippen LogP contribution is -2.16. The Balaban J connectivity index is 0.000000252. The first kappa shape index (κ1) is 12.3. The largest absolute Gasteiger partial charge is 0.394 e. The summed E-state index contributed by atoms with van der Waals surface area (Å²) in [5, 5.41) is 0. The van der Waals surface area contributed by atoms with Crippen molar-refractivity contribution in [3.8, 4) is 0 Å². The zero-order valence-electron chi connectivity index (χ0n) is 6.18. The van der Waals surface area contributed by atoms with Crippen molar-refractivity contribution in [2.45, 2.75) is 12.8 Å². The Bertz CT molecular complexity index is 287. The molecule has 1 rings (SSSR count). The summed E-state index contributed by atoms with van der Waals surface area (Å²) >= 11 is 5.15. The van der Waals surface area contributed by atoms with Crippen LogP contribution in [0, 0.1) is 0 Å². The molecule has 1 aliphatic heterocycles. The molecule has 0 aromatic rings. The molecule has 2 amide bonds. The van der Waals surface area contributed by atoms with Crippen molar-refractivity contribution >= 4 is 34.0 Å². The molecule has 1 fully saturated rings. The average Bonchev–Trinajstić information content (AvgIpc) is 2.16. The molecule has 9 heteroatoms. The zero-order valence-corrected chi connectivity index (χ0v) is 7.75. The van der Waals surface area contributed by atoms with Gasteiger partial charge in [0.25, 0.3) is 0 Å². The lowest BCUT2D eigenvalue weighted by atomic mass is 10.4. The van der Waals surface area contributed by atoms with Crippen LogP contribution in [-0.2, 0) is 20.0 Å². The summed E-state index contributed by atoms with van der Waals surface area (Å²) in [6, 6.07) is 0. The zero-order chi connectivity index (χ0) is 10.6. The number of carbonyl (C=O) groups is 2. The molecule has 0 aliphatic carbocycles. The fourth-order valence-electron chi connectivity index (χ4n) is 0.549. The predicted molar refractivity (Wildman–Crippen MR) is 41.1 cm³/mol. The molecule has 0 aromatic carbocycles. The predicted octanol–water partition coefficient (Wildman–Crippen LogP) is -0.364. The fourth-order valence-corrected chi connectivity index (χ4v) is 0.718. The van der Waals surface area contributed by atoms with Crippen LogP contribution < -0.4 is 0 Å². The highest BCUT2D eigenvalue weighted by Crippen LogP contribution is 2.12. The van der Waals surface area contributed by atoms with E-state index in [1.54, 1.807) is 0 Å². The summed E-state index contributed by atoms with van der Waals surface area (Å²) < 4.78 is 32.2. The molecule has 13 heavy (non-hydrogen) atoms. The SMILES string of the molecule is O=C1CCC(=O)N1Cl.O=S(=O)(O)O. The van der Waals surface area contributed by atoms with Crippen LogP contribution in [0.1, 0.15) is 12.8 Å². The minimum Gasteiger partial charge on any atom is -0.273 e. The van der Waals surface area contributed by atoms with Crippen molar-refractivity contribution in [2.75, 3.05) is 0 Å². The van der Waals surface area contributed by atoms with Gasteiger partial charge >= 0.3 is 10.4 Å². The van der Waals surface area contributed by atoms with E-state index in [9.17, 15) is 9.59 Å². The van der Waals surface area contributed by atoms with Crippen molar-refractivity contribution in [1.29, 1.82) is 0 Å². The molecule has 1 saturated heterocycles. The van der Waals surface area contributed by atoms with Gasteiger partial charge < -0.3 is 0 Å². The van der Waals surface area contributed by atoms with E-state index in [0.717, 1.165) is 0 Å². The lowest BCUT2D eigenvalue weighted by Gasteiger charge is -1.96. The molecule has 0 saturated carbocycles. The molecule has 0 unspecified atom stereocenters. The van der Waals surface area contributed by atoms with Gasteiger partial charge in [0.1, 0.15) is 0 Å². The third kappa shape index (κ3) is 6.46. The molecule has 2 N–H and O–H groups in total. The minimum absolute atomic E-state index is 0.266. The summed E-state index contributed by atoms with van der Waals surface area (Å²) in [5.41, 5.74) is 0. The third-order valence-corrected chi connectivity index (χ3v) is 1.37. The van der Waals surface area contributed by atoms with Gasteiger partial charge in [0.05, 0.1) is 0 Å². The summed E-state index contributed by atoms with van der Waals surface area (Å²) in [5.74, 6) is -0.590. The van der Waals surface area contributed by atoms with E-state index in [1.165, 1.54) is 0 Å². The molecule has 1 aliphatic rings. The second-order valence-electron chi connectivity index (χ2n) is 2.02. The molecule has 0 spiro atoms. The van der Waals surface area contributed by atoms with E-state index in [2.05, 4.69) is 0 Å². The molecule has 0 aromatic heterocycles. The van der Waals surface area contributed by atoms with E-state index in [4.69, 9.17) is 29.3 Å². The molecular formula is C4H6ClNO6S. The van der Waals surface area contributed by atoms with Crippen molar-refractivity contribution in [3.05, 3.63) is 0 Å². The summed E-state index contributed by atoms with van der Waals surface area (Å²) in [6.45, 7) is 0. The van der Waals surface area contributed by atoms with E-state index in [-0.39, 0.29) is 24.7 Å². The second-order valence-corrected chi connectivity index (χ2v) is 3.25. The normalized spacial score (nSPS) is 17.0. The smallest absolute Gasteiger partial charge is 0.273 e. The van der Waals surface area contributed by atoms with Gasteiger partial charge in [0.2, 0.25) is 11.8 Å². The van der Waals surface area contributed by atoms with Gasteiger partial charge in [-0.25, -0.2) is 0 Å². The maximum absolute atomic E-state index is 10.4. The van der Waals surface area contributed by atoms with Crippen molar-refractivity contribution in [2.24, 2.45) is 0 Å². The number of hydrogen-bond donors (Lipinski definition) is 2. The van der Waals surface area contributed by atoms with E-state index in [0.29, 0.717) is 4.42 Å². The minimum atomic E-state index is -4.67. The molecular weight excluding hydrogens is 226 g/mol. The van der Waals surface area contributed by atoms with Gasteiger partial charge in [-0.05, 0) is 0 Å². The summed E-state index contributed by atoms with van der Waals surface area (Å²) in [7, 11) is -4.67. The average molecular weight is 232 g/mol. The van der Waals surface area contributed by atoms with Crippen LogP contribution >= 0.6 is 11.8 Å². The standard InChI is InChI=1S/C4H4ClNO2.H2O4S/c5-6-3(7)1-2-4(6)8;1-5(2,3)4/h1-2H2;(H2,1,2,3,4). The molecule has 0 atom stereocenters. The number of imide groups is 1. The number of nitrogens with zero attached hydrogens (tertiary/aromatic N) is 1. The molecule has 0 radical (unpaired) electrons. The molecule has 1 heterocycles. The highest BCUT2D eigenvalue weighted by atomic mass is 35.5. The summed E-state index contributed by atoms with van der Waals surface area (Å²) in [4.78, 5) is 20.7. The van der Waals surface area contributed by atoms with Gasteiger partial charge in [-0.1, -0.05) is 0 Å². The van der Waals surface area contributed by atoms with E-state index >= 15 is 0 Å². The Hall–Kier alpha value is -0.700. The van der Waals surface area contributed by atoms with Gasteiger partial charge in [0.15, 0.2) is 0 Å². The Labute approximate surface area is 79.0 Å². The first-order valence-corrected chi connectivity index (χ1v) is 4.67. The number of carbonyl (C=O) groups excluding carboxylic acids is 2. The van der Waals surface area contributed by atoms with Gasteiger partial charge in [-0.2, -0.15) is 12.8 Å². The summed E-state index contributed by atoms with van der Waals surface area (Å²) in [6.07, 6.45) is 0.532. The Morgan fingerprint density at radius 2 is 1.38 bits per heavy atom. The third-order valence-electron chi connectivity index (χ3n) is 0.991. The van der Waals surface area contributed by atoms with Gasteiger partial charge in [-0.3, -0.25) is 18.7 Å². The number of rotatable bonds is 0. The first-order chi connectivity index (χ1) is 5.72. The molecule has 7 nitrogen and oxygen atoms in total. The van der Waals surface area contributed by atoms with Crippen LogP contribution in [0.5, 0.6) is 0 Å². The monoisotopic (exact) mass is 231 g/mol. The number of hydrogen-bond acceptors (Lipinski definition) is 4. The lowest BCUT2D eigenvalue weighted by molar-refractivity contribution is -0.132. The quantitative estimate of drug-likeness (QED) is 0.334.